The summed E-state index contributed by atoms with van der Waals surface area (Å²) in [5.41, 5.74) is -1.19. The summed E-state index contributed by atoms with van der Waals surface area (Å²) in [6, 6.07) is 22.5. The second-order valence-corrected chi connectivity index (χ2v) is 7.32. The predicted octanol–water partition coefficient (Wildman–Crippen LogP) is 2.11. The topological polar surface area (TPSA) is 117 Å². The van der Waals surface area contributed by atoms with Gasteiger partial charge in [-0.15, -0.1) is 0 Å². The average molecular weight is 454 g/mol. The summed E-state index contributed by atoms with van der Waals surface area (Å²) >= 11 is 0. The molecule has 5 rings (SSSR count). The molecule has 2 aromatic heterocycles. The Morgan fingerprint density at radius 1 is 0.794 bits per heavy atom. The van der Waals surface area contributed by atoms with Crippen LogP contribution in [-0.4, -0.2) is 28.9 Å². The molecule has 0 fully saturated rings. The molecule has 0 amide bonds. The number of aromatic amines is 1. The van der Waals surface area contributed by atoms with Crippen LogP contribution in [0.2, 0.25) is 0 Å². The molecule has 0 saturated heterocycles. The lowest BCUT2D eigenvalue weighted by atomic mass is 10.1. The number of nitrogens with zero attached hydrogens (tertiary/aromatic N) is 5. The van der Waals surface area contributed by atoms with Crippen LogP contribution in [0.1, 0.15) is 5.56 Å². The molecule has 0 bridgehead atoms. The quantitative estimate of drug-likeness (QED) is 0.420. The van der Waals surface area contributed by atoms with Gasteiger partial charge in [0.1, 0.15) is 24.2 Å². The van der Waals surface area contributed by atoms with Gasteiger partial charge in [-0.1, -0.05) is 36.4 Å². The molecule has 10 heteroatoms. The van der Waals surface area contributed by atoms with Gasteiger partial charge in [-0.2, -0.15) is 5.10 Å². The zero-order valence-electron chi connectivity index (χ0n) is 17.7. The molecule has 168 valence electrons. The zero-order valence-corrected chi connectivity index (χ0v) is 17.7. The van der Waals surface area contributed by atoms with E-state index in [2.05, 4.69) is 15.1 Å². The Balaban J connectivity index is 1.65. The van der Waals surface area contributed by atoms with E-state index in [-0.39, 0.29) is 12.2 Å². The van der Waals surface area contributed by atoms with Gasteiger partial charge in [-0.3, -0.25) is 4.98 Å². The van der Waals surface area contributed by atoms with Gasteiger partial charge < -0.3 is 4.74 Å². The van der Waals surface area contributed by atoms with Crippen LogP contribution in [-0.2, 0) is 6.54 Å². The van der Waals surface area contributed by atoms with E-state index in [0.717, 1.165) is 9.13 Å². The van der Waals surface area contributed by atoms with Crippen LogP contribution in [0.4, 0.5) is 0 Å². The Kier molecular flexibility index (Phi) is 5.45. The third-order valence-corrected chi connectivity index (χ3v) is 5.09. The van der Waals surface area contributed by atoms with E-state index in [1.807, 2.05) is 30.3 Å². The van der Waals surface area contributed by atoms with Crippen LogP contribution in [0.15, 0.2) is 106 Å². The Hall–Kier alpha value is -4.99. The molecular weight excluding hydrogens is 436 g/mol. The fourth-order valence-electron chi connectivity index (χ4n) is 3.54. The van der Waals surface area contributed by atoms with E-state index in [0.29, 0.717) is 22.7 Å². The molecule has 0 unspecified atom stereocenters. The van der Waals surface area contributed by atoms with Gasteiger partial charge >= 0.3 is 17.1 Å². The number of rotatable bonds is 6. The van der Waals surface area contributed by atoms with Crippen molar-refractivity contribution in [3.63, 3.8) is 0 Å². The van der Waals surface area contributed by atoms with Crippen molar-refractivity contribution in [2.45, 2.75) is 6.54 Å². The number of aromatic nitrogens is 6. The minimum absolute atomic E-state index is 0.270. The molecule has 34 heavy (non-hydrogen) atoms. The predicted molar refractivity (Wildman–Crippen MR) is 124 cm³/mol. The van der Waals surface area contributed by atoms with Gasteiger partial charge in [0.25, 0.3) is 0 Å². The van der Waals surface area contributed by atoms with Crippen molar-refractivity contribution >= 4 is 0 Å². The highest BCUT2D eigenvalue weighted by Crippen LogP contribution is 2.27. The van der Waals surface area contributed by atoms with Gasteiger partial charge in [0.05, 0.1) is 17.9 Å². The number of nitrogens with one attached hydrogen (secondary N) is 1. The van der Waals surface area contributed by atoms with Crippen LogP contribution >= 0.6 is 0 Å². The highest BCUT2D eigenvalue weighted by atomic mass is 16.5. The van der Waals surface area contributed by atoms with Crippen molar-refractivity contribution in [3.05, 3.63) is 129 Å². The fraction of sp³-hybridized carbons (Fsp3) is 0.0417. The molecule has 1 N–H and O–H groups in total. The van der Waals surface area contributed by atoms with E-state index in [9.17, 15) is 14.4 Å². The highest BCUT2D eigenvalue weighted by molar-refractivity contribution is 5.46. The Labute approximate surface area is 192 Å². The van der Waals surface area contributed by atoms with Crippen LogP contribution in [0.5, 0.6) is 11.5 Å². The van der Waals surface area contributed by atoms with Crippen molar-refractivity contribution in [3.8, 4) is 22.9 Å². The van der Waals surface area contributed by atoms with E-state index in [1.165, 1.54) is 6.33 Å². The first-order valence-corrected chi connectivity index (χ1v) is 10.3. The molecule has 10 nitrogen and oxygen atoms in total. The maximum absolute atomic E-state index is 13.3. The molecular formula is C24H18N6O4. The van der Waals surface area contributed by atoms with Crippen LogP contribution in [0.3, 0.4) is 0 Å². The van der Waals surface area contributed by atoms with Crippen LogP contribution in [0, 0.1) is 0 Å². The van der Waals surface area contributed by atoms with E-state index < -0.39 is 17.1 Å². The average Bonchev–Trinajstić information content (AvgIpc) is 3.35. The lowest BCUT2D eigenvalue weighted by Crippen LogP contribution is -2.48. The number of hydrogen-bond donors (Lipinski definition) is 1. The molecule has 0 atom stereocenters. The van der Waals surface area contributed by atoms with Gasteiger partial charge in [0.15, 0.2) is 0 Å². The Morgan fingerprint density at radius 2 is 1.47 bits per heavy atom. The minimum Gasteiger partial charge on any atom is -0.457 e. The molecule has 0 radical (unpaired) electrons. The number of H-pyrrole nitrogens is 1. The Morgan fingerprint density at radius 3 is 2.15 bits per heavy atom. The van der Waals surface area contributed by atoms with Gasteiger partial charge in [-0.05, 0) is 42.5 Å². The lowest BCUT2D eigenvalue weighted by molar-refractivity contribution is 0.472. The monoisotopic (exact) mass is 454 g/mol. The second-order valence-electron chi connectivity index (χ2n) is 7.32. The zero-order chi connectivity index (χ0) is 23.5. The van der Waals surface area contributed by atoms with E-state index in [1.54, 1.807) is 59.5 Å². The van der Waals surface area contributed by atoms with Crippen molar-refractivity contribution in [1.82, 2.24) is 28.9 Å². The van der Waals surface area contributed by atoms with E-state index >= 15 is 0 Å². The largest absolute Gasteiger partial charge is 0.457 e. The van der Waals surface area contributed by atoms with Crippen LogP contribution < -0.4 is 21.8 Å². The SMILES string of the molecule is O=c1[nH]c(=O)n(-c2ccc(Oc3ccccc3)c(Cn3cncn3)c2)c(=O)n1-c1ccccc1. The summed E-state index contributed by atoms with van der Waals surface area (Å²) in [4.78, 5) is 44.6. The third kappa shape index (κ3) is 4.07. The number of benzene rings is 3. The molecule has 0 saturated carbocycles. The van der Waals surface area contributed by atoms with Crippen molar-refractivity contribution < 1.29 is 4.74 Å². The summed E-state index contributed by atoms with van der Waals surface area (Å²) in [5, 5.41) is 4.13. The molecule has 2 heterocycles. The van der Waals surface area contributed by atoms with Crippen LogP contribution in [0.25, 0.3) is 11.4 Å². The second kappa shape index (κ2) is 8.87. The fourth-order valence-corrected chi connectivity index (χ4v) is 3.54. The maximum atomic E-state index is 13.3. The summed E-state index contributed by atoms with van der Waals surface area (Å²) in [6.07, 6.45) is 2.96. The number of hydrogen-bond acceptors (Lipinski definition) is 6. The summed E-state index contributed by atoms with van der Waals surface area (Å²) in [7, 11) is 0. The Bertz CT molecular complexity index is 1600. The minimum atomic E-state index is -0.842. The summed E-state index contributed by atoms with van der Waals surface area (Å²) in [6.45, 7) is 0.279. The first-order valence-electron chi connectivity index (χ1n) is 10.3. The maximum Gasteiger partial charge on any atom is 0.345 e. The number of para-hydroxylation sites is 2. The number of ether oxygens (including phenoxy) is 1. The van der Waals surface area contributed by atoms with Crippen molar-refractivity contribution in [2.75, 3.05) is 0 Å². The first kappa shape index (κ1) is 20.9. The van der Waals surface area contributed by atoms with Gasteiger partial charge in [-0.25, -0.2) is 33.2 Å². The van der Waals surface area contributed by atoms with Gasteiger partial charge in [0.2, 0.25) is 0 Å². The summed E-state index contributed by atoms with van der Waals surface area (Å²) < 4.78 is 9.44. The highest BCUT2D eigenvalue weighted by Gasteiger charge is 2.16. The molecule has 5 aromatic rings. The molecule has 3 aromatic carbocycles. The van der Waals surface area contributed by atoms with Crippen molar-refractivity contribution in [1.29, 1.82) is 0 Å². The molecule has 0 aliphatic rings. The third-order valence-electron chi connectivity index (χ3n) is 5.09. The normalized spacial score (nSPS) is 10.8. The molecule has 0 aliphatic heterocycles. The van der Waals surface area contributed by atoms with Gasteiger partial charge in [0, 0.05) is 5.56 Å². The lowest BCUT2D eigenvalue weighted by Gasteiger charge is -2.14. The first-order chi connectivity index (χ1) is 16.6. The van der Waals surface area contributed by atoms with E-state index in [4.69, 9.17) is 4.74 Å². The standard InChI is InChI=1S/C24H18N6O4/c31-22-27-23(32)30(24(33)29(22)18-7-3-1-4-8-18)19-11-12-21(34-20-9-5-2-6-10-20)17(13-19)14-28-16-25-15-26-28/h1-13,15-16H,14H2,(H,27,31,32). The summed E-state index contributed by atoms with van der Waals surface area (Å²) in [5.74, 6) is 1.15. The smallest absolute Gasteiger partial charge is 0.345 e. The molecule has 0 aliphatic carbocycles. The molecule has 0 spiro atoms. The van der Waals surface area contributed by atoms with Crippen molar-refractivity contribution in [2.24, 2.45) is 0 Å².